The molecule has 0 saturated heterocycles. The first-order chi connectivity index (χ1) is 20.1. The average molecular weight is 598 g/mol. The maximum atomic E-state index is 13.1. The number of aliphatic hydroxyl groups excluding tert-OH is 1. The minimum atomic E-state index is -4.94. The average Bonchev–Trinajstić information content (AvgIpc) is 3.57. The highest BCUT2D eigenvalue weighted by Gasteiger charge is 2.39. The van der Waals surface area contributed by atoms with Crippen LogP contribution < -0.4 is 11.0 Å². The Hall–Kier alpha value is -4.75. The van der Waals surface area contributed by atoms with Crippen LogP contribution in [0.1, 0.15) is 21.7 Å². The monoisotopic (exact) mass is 597 g/mol. The Bertz CT molecular complexity index is 1750. The summed E-state index contributed by atoms with van der Waals surface area (Å²) in [5.41, 5.74) is 1.10. The van der Waals surface area contributed by atoms with Gasteiger partial charge in [0.2, 0.25) is 0 Å². The molecule has 14 heteroatoms. The van der Waals surface area contributed by atoms with Crippen molar-refractivity contribution < 1.29 is 23.1 Å². The van der Waals surface area contributed by atoms with Crippen LogP contribution in [0.3, 0.4) is 0 Å². The van der Waals surface area contributed by atoms with Crippen LogP contribution in [0.4, 0.5) is 13.2 Å². The van der Waals surface area contributed by atoms with Gasteiger partial charge in [-0.25, -0.2) is 19.1 Å². The number of halogens is 4. The fourth-order valence-electron chi connectivity index (χ4n) is 4.16. The van der Waals surface area contributed by atoms with Crippen molar-refractivity contribution in [3.8, 4) is 17.1 Å². The number of benzene rings is 3. The first-order valence-electron chi connectivity index (χ1n) is 12.6. The van der Waals surface area contributed by atoms with Gasteiger partial charge in [0, 0.05) is 17.1 Å². The van der Waals surface area contributed by atoms with Crippen molar-refractivity contribution in [2.75, 3.05) is 0 Å². The number of hydrogen-bond donors (Lipinski definition) is 2. The van der Waals surface area contributed by atoms with Crippen LogP contribution in [0.2, 0.25) is 5.02 Å². The zero-order valence-corrected chi connectivity index (χ0v) is 22.5. The molecule has 5 aromatic rings. The normalized spacial score (nSPS) is 12.3. The van der Waals surface area contributed by atoms with Gasteiger partial charge in [-0.1, -0.05) is 54.1 Å². The van der Waals surface area contributed by atoms with Crippen molar-refractivity contribution in [2.24, 2.45) is 0 Å². The fraction of sp³-hybridized carbons (Fsp3) is 0.179. The van der Waals surface area contributed by atoms with Crippen molar-refractivity contribution in [1.29, 1.82) is 0 Å². The van der Waals surface area contributed by atoms with Gasteiger partial charge >= 0.3 is 11.9 Å². The lowest BCUT2D eigenvalue weighted by molar-refractivity contribution is -0.207. The number of carbonyl (C=O) groups excluding carboxylic acids is 1. The molecule has 216 valence electrons. The highest BCUT2D eigenvalue weighted by Crippen LogP contribution is 2.24. The molecule has 5 rings (SSSR count). The van der Waals surface area contributed by atoms with Gasteiger partial charge in [-0.3, -0.25) is 9.36 Å². The molecule has 0 radical (unpaired) electrons. The second kappa shape index (κ2) is 12.0. The SMILES string of the molecule is O=C(NCc1ccccc1)c1ccccc1-n1cnc(Cn2nc(-c3ccc(Cl)cc3)n(CC(O)C(F)(F)F)c2=O)n1. The summed E-state index contributed by atoms with van der Waals surface area (Å²) in [5.74, 6) is -0.322. The highest BCUT2D eigenvalue weighted by molar-refractivity contribution is 6.30. The molecular weight excluding hydrogens is 575 g/mol. The summed E-state index contributed by atoms with van der Waals surface area (Å²) in [6, 6.07) is 22.1. The van der Waals surface area contributed by atoms with Crippen LogP contribution >= 0.6 is 11.6 Å². The molecule has 2 aromatic heterocycles. The summed E-state index contributed by atoms with van der Waals surface area (Å²) < 4.78 is 42.4. The number of nitrogens with one attached hydrogen (secondary N) is 1. The van der Waals surface area contributed by atoms with Crippen molar-refractivity contribution in [3.63, 3.8) is 0 Å². The van der Waals surface area contributed by atoms with Crippen molar-refractivity contribution in [3.05, 3.63) is 118 Å². The Kier molecular flexibility index (Phi) is 8.22. The second-order valence-corrected chi connectivity index (χ2v) is 9.67. The molecule has 0 aliphatic heterocycles. The maximum Gasteiger partial charge on any atom is 0.416 e. The van der Waals surface area contributed by atoms with E-state index >= 15 is 0 Å². The van der Waals surface area contributed by atoms with E-state index in [9.17, 15) is 27.9 Å². The molecule has 42 heavy (non-hydrogen) atoms. The van der Waals surface area contributed by atoms with Crippen molar-refractivity contribution >= 4 is 17.5 Å². The smallest absolute Gasteiger partial charge is 0.382 e. The number of aliphatic hydroxyl groups is 1. The number of rotatable bonds is 9. The molecule has 0 aliphatic rings. The van der Waals surface area contributed by atoms with E-state index < -0.39 is 24.5 Å². The van der Waals surface area contributed by atoms with E-state index in [1.165, 1.54) is 35.3 Å². The summed E-state index contributed by atoms with van der Waals surface area (Å²) in [5, 5.41) is 21.5. The number of para-hydroxylation sites is 1. The standard InChI is InChI=1S/C28H23ClF3N7O3/c29-20-12-10-19(11-13-20)25-36-38(27(42)37(25)15-23(40)28(30,31)32)16-24-34-17-39(35-24)22-9-5-4-8-21(22)26(41)33-14-18-6-2-1-3-7-18/h1-13,17,23,40H,14-16H2,(H,33,41). The molecule has 1 amide bonds. The fourth-order valence-corrected chi connectivity index (χ4v) is 4.28. The maximum absolute atomic E-state index is 13.1. The predicted octanol–water partition coefficient (Wildman–Crippen LogP) is 3.85. The molecule has 10 nitrogen and oxygen atoms in total. The number of hydrogen-bond acceptors (Lipinski definition) is 6. The molecule has 1 atom stereocenters. The Morgan fingerprint density at radius 1 is 0.976 bits per heavy atom. The number of carbonyl (C=O) groups is 1. The largest absolute Gasteiger partial charge is 0.416 e. The molecule has 0 saturated carbocycles. The highest BCUT2D eigenvalue weighted by atomic mass is 35.5. The number of alkyl halides is 3. The van der Waals surface area contributed by atoms with Gasteiger partial charge in [0.15, 0.2) is 17.8 Å². The van der Waals surface area contributed by atoms with Crippen LogP contribution in [0, 0.1) is 0 Å². The lowest BCUT2D eigenvalue weighted by atomic mass is 10.1. The lowest BCUT2D eigenvalue weighted by Crippen LogP contribution is -2.37. The summed E-state index contributed by atoms with van der Waals surface area (Å²) in [4.78, 5) is 30.3. The van der Waals surface area contributed by atoms with E-state index in [-0.39, 0.29) is 24.1 Å². The Morgan fingerprint density at radius 3 is 2.38 bits per heavy atom. The van der Waals surface area contributed by atoms with E-state index in [2.05, 4.69) is 20.5 Å². The predicted molar refractivity (Wildman–Crippen MR) is 147 cm³/mol. The summed E-state index contributed by atoms with van der Waals surface area (Å²) >= 11 is 5.93. The van der Waals surface area contributed by atoms with Crippen molar-refractivity contribution in [2.45, 2.75) is 31.9 Å². The van der Waals surface area contributed by atoms with Crippen LogP contribution in [0.25, 0.3) is 17.1 Å². The zero-order chi connectivity index (χ0) is 29.9. The Morgan fingerprint density at radius 2 is 1.67 bits per heavy atom. The topological polar surface area (TPSA) is 120 Å². The van der Waals surface area contributed by atoms with E-state index in [0.717, 1.165) is 14.8 Å². The Labute approximate surface area is 241 Å². The molecule has 0 aliphatic carbocycles. The van der Waals surface area contributed by atoms with Crippen LogP contribution in [-0.2, 0) is 19.6 Å². The summed E-state index contributed by atoms with van der Waals surface area (Å²) in [6.45, 7) is -1.03. The molecule has 2 heterocycles. The summed E-state index contributed by atoms with van der Waals surface area (Å²) in [7, 11) is 0. The van der Waals surface area contributed by atoms with Gasteiger partial charge in [0.25, 0.3) is 5.91 Å². The molecule has 0 bridgehead atoms. The third-order valence-corrected chi connectivity index (χ3v) is 6.53. The van der Waals surface area contributed by atoms with Crippen LogP contribution in [-0.4, -0.2) is 52.4 Å². The van der Waals surface area contributed by atoms with E-state index in [1.807, 2.05) is 30.3 Å². The van der Waals surface area contributed by atoms with E-state index in [4.69, 9.17) is 11.6 Å². The number of aromatic nitrogens is 6. The molecule has 0 spiro atoms. The number of nitrogens with zero attached hydrogens (tertiary/aromatic N) is 6. The van der Waals surface area contributed by atoms with Gasteiger partial charge < -0.3 is 10.4 Å². The molecular formula is C28H23ClF3N7O3. The van der Waals surface area contributed by atoms with Gasteiger partial charge in [0.1, 0.15) is 12.9 Å². The minimum Gasteiger partial charge on any atom is -0.382 e. The lowest BCUT2D eigenvalue weighted by Gasteiger charge is -2.15. The second-order valence-electron chi connectivity index (χ2n) is 9.23. The first-order valence-corrected chi connectivity index (χ1v) is 13.0. The molecule has 0 fully saturated rings. The zero-order valence-electron chi connectivity index (χ0n) is 21.7. The Balaban J connectivity index is 1.41. The van der Waals surface area contributed by atoms with Gasteiger partial charge in [0.05, 0.1) is 17.8 Å². The third kappa shape index (κ3) is 6.42. The van der Waals surface area contributed by atoms with Crippen LogP contribution in [0.15, 0.2) is 90.0 Å². The third-order valence-electron chi connectivity index (χ3n) is 6.28. The van der Waals surface area contributed by atoms with Gasteiger partial charge in [-0.05, 0) is 42.0 Å². The molecule has 2 N–H and O–H groups in total. The van der Waals surface area contributed by atoms with E-state index in [1.54, 1.807) is 24.3 Å². The number of amides is 1. The molecule has 1 unspecified atom stereocenters. The van der Waals surface area contributed by atoms with E-state index in [0.29, 0.717) is 28.4 Å². The minimum absolute atomic E-state index is 0.0974. The quantitative estimate of drug-likeness (QED) is 0.266. The van der Waals surface area contributed by atoms with Gasteiger partial charge in [-0.15, -0.1) is 10.2 Å². The van der Waals surface area contributed by atoms with Crippen molar-refractivity contribution in [1.82, 2.24) is 34.4 Å². The van der Waals surface area contributed by atoms with Crippen LogP contribution in [0.5, 0.6) is 0 Å². The van der Waals surface area contributed by atoms with Gasteiger partial charge in [-0.2, -0.15) is 13.2 Å². The molecule has 3 aromatic carbocycles. The first kappa shape index (κ1) is 28.8. The summed E-state index contributed by atoms with van der Waals surface area (Å²) in [6.07, 6.45) is -6.38.